The molecule has 2 amide bonds. The van der Waals surface area contributed by atoms with Crippen molar-refractivity contribution in [3.8, 4) is 11.5 Å². The minimum absolute atomic E-state index is 0.00400. The van der Waals surface area contributed by atoms with Crippen molar-refractivity contribution in [3.63, 3.8) is 0 Å². The predicted molar refractivity (Wildman–Crippen MR) is 107 cm³/mol. The van der Waals surface area contributed by atoms with Crippen molar-refractivity contribution < 1.29 is 19.1 Å². The lowest BCUT2D eigenvalue weighted by atomic mass is 10.2. The van der Waals surface area contributed by atoms with Crippen molar-refractivity contribution in [2.75, 3.05) is 26.7 Å². The number of carbonyl (C=O) groups is 2. The molecule has 0 bridgehead atoms. The van der Waals surface area contributed by atoms with Crippen LogP contribution in [0.2, 0.25) is 5.02 Å². The number of rotatable bonds is 7. The lowest BCUT2D eigenvalue weighted by Crippen LogP contribution is -2.38. The first-order chi connectivity index (χ1) is 13.6. The van der Waals surface area contributed by atoms with E-state index in [1.165, 1.54) is 7.11 Å². The molecule has 1 saturated heterocycles. The van der Waals surface area contributed by atoms with E-state index < -0.39 is 0 Å². The maximum atomic E-state index is 12.4. The highest BCUT2D eigenvalue weighted by Crippen LogP contribution is 2.29. The van der Waals surface area contributed by atoms with Crippen molar-refractivity contribution in [1.29, 1.82) is 0 Å². The van der Waals surface area contributed by atoms with Crippen LogP contribution >= 0.6 is 11.6 Å². The van der Waals surface area contributed by atoms with Crippen molar-refractivity contribution >= 4 is 23.4 Å². The number of nitrogens with one attached hydrogen (secondary N) is 1. The summed E-state index contributed by atoms with van der Waals surface area (Å²) in [5.74, 6) is 0.602. The molecule has 0 saturated carbocycles. The highest BCUT2D eigenvalue weighted by molar-refractivity contribution is 6.30. The summed E-state index contributed by atoms with van der Waals surface area (Å²) in [7, 11) is 1.52. The van der Waals surface area contributed by atoms with Crippen LogP contribution in [-0.4, -0.2) is 43.5 Å². The topological polar surface area (TPSA) is 67.9 Å². The van der Waals surface area contributed by atoms with E-state index in [1.54, 1.807) is 35.2 Å². The monoisotopic (exact) mass is 402 g/mol. The highest BCUT2D eigenvalue weighted by Gasteiger charge is 2.19. The van der Waals surface area contributed by atoms with Gasteiger partial charge in [0.05, 0.1) is 13.7 Å². The summed E-state index contributed by atoms with van der Waals surface area (Å²) in [5.41, 5.74) is 1.37. The molecule has 2 aromatic carbocycles. The minimum Gasteiger partial charge on any atom is -0.493 e. The van der Waals surface area contributed by atoms with Gasteiger partial charge in [0.2, 0.25) is 5.91 Å². The number of hydrogen-bond acceptors (Lipinski definition) is 4. The first-order valence-electron chi connectivity index (χ1n) is 9.18. The van der Waals surface area contributed by atoms with Gasteiger partial charge in [0.15, 0.2) is 11.5 Å². The number of nitrogens with zero attached hydrogens (tertiary/aromatic N) is 1. The van der Waals surface area contributed by atoms with Crippen LogP contribution in [0.1, 0.15) is 28.8 Å². The molecule has 6 nitrogen and oxygen atoms in total. The number of amides is 2. The van der Waals surface area contributed by atoms with Gasteiger partial charge in [-0.1, -0.05) is 23.7 Å². The van der Waals surface area contributed by atoms with Crippen LogP contribution in [0.15, 0.2) is 42.5 Å². The lowest BCUT2D eigenvalue weighted by Gasteiger charge is -2.16. The number of benzene rings is 2. The molecule has 0 spiro atoms. The minimum atomic E-state index is -0.324. The van der Waals surface area contributed by atoms with E-state index >= 15 is 0 Å². The molecule has 0 unspecified atom stereocenters. The molecule has 0 atom stereocenters. The number of ether oxygens (including phenoxy) is 2. The zero-order valence-corrected chi connectivity index (χ0v) is 16.5. The number of carbonyl (C=O) groups excluding carboxylic acids is 2. The summed E-state index contributed by atoms with van der Waals surface area (Å²) in [5, 5.41) is 3.34. The van der Waals surface area contributed by atoms with Crippen LogP contribution < -0.4 is 14.8 Å². The SMILES string of the molecule is COc1cc(C(=O)NCC(=O)N2CCCC2)ccc1OCc1ccc(Cl)cc1. The quantitative estimate of drug-likeness (QED) is 0.771. The van der Waals surface area contributed by atoms with Gasteiger partial charge in [-0.25, -0.2) is 0 Å². The van der Waals surface area contributed by atoms with E-state index in [4.69, 9.17) is 21.1 Å². The van der Waals surface area contributed by atoms with Gasteiger partial charge >= 0.3 is 0 Å². The summed E-state index contributed by atoms with van der Waals surface area (Å²) >= 11 is 5.88. The lowest BCUT2D eigenvalue weighted by molar-refractivity contribution is -0.129. The largest absolute Gasteiger partial charge is 0.493 e. The number of hydrogen-bond donors (Lipinski definition) is 1. The molecular weight excluding hydrogens is 380 g/mol. The van der Waals surface area contributed by atoms with Gasteiger partial charge in [-0.15, -0.1) is 0 Å². The van der Waals surface area contributed by atoms with Gasteiger partial charge in [-0.2, -0.15) is 0 Å². The Hall–Kier alpha value is -2.73. The summed E-state index contributed by atoms with van der Waals surface area (Å²) in [6, 6.07) is 12.3. The molecule has 0 aromatic heterocycles. The van der Waals surface area contributed by atoms with Crippen molar-refractivity contribution in [3.05, 3.63) is 58.6 Å². The standard InChI is InChI=1S/C21H23ClN2O4/c1-27-19-12-16(21(26)23-13-20(25)24-10-2-3-11-24)6-9-18(19)28-14-15-4-7-17(22)8-5-15/h4-9,12H,2-3,10-11,13-14H2,1H3,(H,23,26). The Bertz CT molecular complexity index is 833. The van der Waals surface area contributed by atoms with E-state index in [0.717, 1.165) is 31.5 Å². The molecule has 1 heterocycles. The molecule has 2 aromatic rings. The Balaban J connectivity index is 1.59. The third-order valence-electron chi connectivity index (χ3n) is 4.59. The van der Waals surface area contributed by atoms with Crippen LogP contribution in [0.3, 0.4) is 0 Å². The smallest absolute Gasteiger partial charge is 0.251 e. The maximum absolute atomic E-state index is 12.4. The molecule has 7 heteroatoms. The Kier molecular flexibility index (Phi) is 6.76. The predicted octanol–water partition coefficient (Wildman–Crippen LogP) is 3.28. The zero-order chi connectivity index (χ0) is 19.9. The molecule has 1 N–H and O–H groups in total. The summed E-state index contributed by atoms with van der Waals surface area (Å²) < 4.78 is 11.1. The first-order valence-corrected chi connectivity index (χ1v) is 9.56. The molecular formula is C21H23ClN2O4. The molecule has 3 rings (SSSR count). The Labute approximate surface area is 169 Å². The van der Waals surface area contributed by atoms with Crippen molar-refractivity contribution in [2.24, 2.45) is 0 Å². The van der Waals surface area contributed by atoms with Gasteiger partial charge in [0.1, 0.15) is 6.61 Å². The Morgan fingerprint density at radius 3 is 2.46 bits per heavy atom. The second-order valence-corrected chi connectivity index (χ2v) is 6.99. The molecule has 0 radical (unpaired) electrons. The number of likely N-dealkylation sites (tertiary alicyclic amines) is 1. The maximum Gasteiger partial charge on any atom is 0.251 e. The first kappa shape index (κ1) is 20.0. The van der Waals surface area contributed by atoms with E-state index in [1.807, 2.05) is 12.1 Å². The molecule has 0 aliphatic carbocycles. The summed E-state index contributed by atoms with van der Waals surface area (Å²) in [6.07, 6.45) is 2.04. The van der Waals surface area contributed by atoms with E-state index in [0.29, 0.717) is 28.7 Å². The molecule has 1 fully saturated rings. The Morgan fingerprint density at radius 1 is 1.07 bits per heavy atom. The normalized spacial score (nSPS) is 13.3. The molecule has 1 aliphatic heterocycles. The number of halogens is 1. The van der Waals surface area contributed by atoms with Crippen molar-refractivity contribution in [1.82, 2.24) is 10.2 Å². The van der Waals surface area contributed by atoms with Crippen LogP contribution in [0.5, 0.6) is 11.5 Å². The van der Waals surface area contributed by atoms with Gasteiger partial charge in [0.25, 0.3) is 5.91 Å². The summed E-state index contributed by atoms with van der Waals surface area (Å²) in [4.78, 5) is 26.2. The fraction of sp³-hybridized carbons (Fsp3) is 0.333. The fourth-order valence-electron chi connectivity index (χ4n) is 3.01. The van der Waals surface area contributed by atoms with Crippen LogP contribution in [0, 0.1) is 0 Å². The third kappa shape index (κ3) is 5.16. The van der Waals surface area contributed by atoms with Crippen LogP contribution in [0.25, 0.3) is 0 Å². The van der Waals surface area contributed by atoms with Gasteiger partial charge in [0, 0.05) is 23.7 Å². The second-order valence-electron chi connectivity index (χ2n) is 6.55. The molecule has 148 valence electrons. The summed E-state index contributed by atoms with van der Waals surface area (Å²) in [6.45, 7) is 1.88. The van der Waals surface area contributed by atoms with Crippen LogP contribution in [0.4, 0.5) is 0 Å². The highest BCUT2D eigenvalue weighted by atomic mass is 35.5. The third-order valence-corrected chi connectivity index (χ3v) is 4.84. The second kappa shape index (κ2) is 9.46. The van der Waals surface area contributed by atoms with Crippen LogP contribution in [-0.2, 0) is 11.4 Å². The fourth-order valence-corrected chi connectivity index (χ4v) is 3.13. The molecule has 28 heavy (non-hydrogen) atoms. The van der Waals surface area contributed by atoms with E-state index in [2.05, 4.69) is 5.32 Å². The van der Waals surface area contributed by atoms with E-state index in [9.17, 15) is 9.59 Å². The van der Waals surface area contributed by atoms with Gasteiger partial charge in [-0.05, 0) is 48.7 Å². The average molecular weight is 403 g/mol. The van der Waals surface area contributed by atoms with Gasteiger partial charge < -0.3 is 19.7 Å². The molecule has 1 aliphatic rings. The van der Waals surface area contributed by atoms with E-state index in [-0.39, 0.29) is 18.4 Å². The van der Waals surface area contributed by atoms with Crippen molar-refractivity contribution in [2.45, 2.75) is 19.4 Å². The zero-order valence-electron chi connectivity index (χ0n) is 15.7. The Morgan fingerprint density at radius 2 is 1.79 bits per heavy atom. The van der Waals surface area contributed by atoms with Gasteiger partial charge in [-0.3, -0.25) is 9.59 Å². The average Bonchev–Trinajstić information content (AvgIpc) is 3.26. The number of methoxy groups -OCH3 is 1.